The lowest BCUT2D eigenvalue weighted by molar-refractivity contribution is 0.0599. The van der Waals surface area contributed by atoms with Gasteiger partial charge in [-0.3, -0.25) is 0 Å². The molecule has 0 amide bonds. The molecule has 0 saturated heterocycles. The molecule has 1 aromatic carbocycles. The average Bonchev–Trinajstić information content (AvgIpc) is 2.80. The van der Waals surface area contributed by atoms with Crippen molar-refractivity contribution in [1.82, 2.24) is 4.57 Å². The van der Waals surface area contributed by atoms with Crippen LogP contribution in [0.15, 0.2) is 36.5 Å². The van der Waals surface area contributed by atoms with Crippen LogP contribution in [0.4, 0.5) is 0 Å². The highest BCUT2D eigenvalue weighted by Crippen LogP contribution is 2.14. The lowest BCUT2D eigenvalue weighted by Crippen LogP contribution is -2.06. The van der Waals surface area contributed by atoms with E-state index in [1.54, 1.807) is 37.4 Å². The number of carbonyl (C=O) groups is 2. The van der Waals surface area contributed by atoms with Gasteiger partial charge in [-0.05, 0) is 30.7 Å². The first-order valence-corrected chi connectivity index (χ1v) is 6.09. The highest BCUT2D eigenvalue weighted by atomic mass is 16.5. The largest absolute Gasteiger partial charge is 0.478 e. The molecule has 20 heavy (non-hydrogen) atoms. The molecule has 104 valence electrons. The third-order valence-corrected chi connectivity index (χ3v) is 3.17. The number of rotatable bonds is 4. The van der Waals surface area contributed by atoms with Gasteiger partial charge in [-0.2, -0.15) is 0 Å². The van der Waals surface area contributed by atoms with Crippen LogP contribution in [0.2, 0.25) is 0 Å². The van der Waals surface area contributed by atoms with Crippen LogP contribution >= 0.6 is 0 Å². The molecule has 0 aliphatic rings. The molecule has 0 aliphatic carbocycles. The monoisotopic (exact) mass is 273 g/mol. The van der Waals surface area contributed by atoms with E-state index in [1.807, 2.05) is 10.6 Å². The zero-order chi connectivity index (χ0) is 14.7. The maximum atomic E-state index is 11.5. The second-order valence-corrected chi connectivity index (χ2v) is 4.44. The van der Waals surface area contributed by atoms with Crippen LogP contribution in [-0.4, -0.2) is 28.7 Å². The Hall–Kier alpha value is -2.56. The van der Waals surface area contributed by atoms with E-state index in [2.05, 4.69) is 4.74 Å². The van der Waals surface area contributed by atoms with Crippen LogP contribution in [0.25, 0.3) is 0 Å². The van der Waals surface area contributed by atoms with Gasteiger partial charge in [-0.25, -0.2) is 9.59 Å². The summed E-state index contributed by atoms with van der Waals surface area (Å²) in [6.45, 7) is 2.26. The Morgan fingerprint density at radius 3 is 2.65 bits per heavy atom. The Bertz CT molecular complexity index is 658. The fourth-order valence-electron chi connectivity index (χ4n) is 2.06. The number of ether oxygens (including phenoxy) is 1. The summed E-state index contributed by atoms with van der Waals surface area (Å²) in [5, 5.41) is 9.02. The Morgan fingerprint density at radius 2 is 2.05 bits per heavy atom. The van der Waals surface area contributed by atoms with Gasteiger partial charge in [-0.1, -0.05) is 12.1 Å². The van der Waals surface area contributed by atoms with Crippen molar-refractivity contribution >= 4 is 11.9 Å². The Balaban J connectivity index is 2.26. The van der Waals surface area contributed by atoms with E-state index in [1.165, 1.54) is 7.11 Å². The predicted molar refractivity (Wildman–Crippen MR) is 73.0 cm³/mol. The quantitative estimate of drug-likeness (QED) is 0.868. The first-order chi connectivity index (χ1) is 9.52. The number of nitrogens with zero attached hydrogens (tertiary/aromatic N) is 1. The third kappa shape index (κ3) is 2.71. The summed E-state index contributed by atoms with van der Waals surface area (Å²) in [5.41, 5.74) is 2.35. The number of aromatic nitrogens is 1. The fourth-order valence-corrected chi connectivity index (χ4v) is 2.06. The number of benzene rings is 1. The van der Waals surface area contributed by atoms with Crippen molar-refractivity contribution in [3.63, 3.8) is 0 Å². The highest BCUT2D eigenvalue weighted by molar-refractivity contribution is 5.89. The molecule has 0 atom stereocenters. The maximum Gasteiger partial charge on any atom is 0.337 e. The standard InChI is InChI=1S/C15H15NO4/c1-10-13(14(17)18)6-7-16(10)9-11-4-3-5-12(8-11)15(19)20-2/h3-8H,9H2,1-2H3,(H,17,18). The molecule has 1 heterocycles. The van der Waals surface area contributed by atoms with Crippen LogP contribution in [0.5, 0.6) is 0 Å². The molecule has 0 spiro atoms. The van der Waals surface area contributed by atoms with Gasteiger partial charge in [0.2, 0.25) is 0 Å². The molecule has 0 bridgehead atoms. The first-order valence-electron chi connectivity index (χ1n) is 6.09. The second kappa shape index (κ2) is 5.61. The van der Waals surface area contributed by atoms with Gasteiger partial charge in [0.25, 0.3) is 0 Å². The van der Waals surface area contributed by atoms with Crippen molar-refractivity contribution < 1.29 is 19.4 Å². The van der Waals surface area contributed by atoms with Crippen molar-refractivity contribution in [2.45, 2.75) is 13.5 Å². The maximum absolute atomic E-state index is 11.5. The molecule has 1 aromatic heterocycles. The van der Waals surface area contributed by atoms with Gasteiger partial charge < -0.3 is 14.4 Å². The van der Waals surface area contributed by atoms with Gasteiger partial charge >= 0.3 is 11.9 Å². The molecule has 0 saturated carbocycles. The molecule has 1 N–H and O–H groups in total. The van der Waals surface area contributed by atoms with E-state index in [0.29, 0.717) is 17.8 Å². The zero-order valence-corrected chi connectivity index (χ0v) is 11.3. The average molecular weight is 273 g/mol. The number of hydrogen-bond donors (Lipinski definition) is 1. The summed E-state index contributed by atoms with van der Waals surface area (Å²) < 4.78 is 6.51. The summed E-state index contributed by atoms with van der Waals surface area (Å²) in [6.07, 6.45) is 1.73. The molecule has 5 heteroatoms. The van der Waals surface area contributed by atoms with Gasteiger partial charge in [0.1, 0.15) is 0 Å². The fraction of sp³-hybridized carbons (Fsp3) is 0.200. The summed E-state index contributed by atoms with van der Waals surface area (Å²) in [7, 11) is 1.34. The molecule has 2 rings (SSSR count). The molecule has 0 fully saturated rings. The zero-order valence-electron chi connectivity index (χ0n) is 11.3. The van der Waals surface area contributed by atoms with Gasteiger partial charge in [0, 0.05) is 18.4 Å². The molecule has 5 nitrogen and oxygen atoms in total. The number of methoxy groups -OCH3 is 1. The lowest BCUT2D eigenvalue weighted by atomic mass is 10.1. The van der Waals surface area contributed by atoms with Crippen LogP contribution in [-0.2, 0) is 11.3 Å². The van der Waals surface area contributed by atoms with E-state index >= 15 is 0 Å². The Morgan fingerprint density at radius 1 is 1.30 bits per heavy atom. The summed E-state index contributed by atoms with van der Waals surface area (Å²) in [6, 6.07) is 8.65. The molecule has 0 radical (unpaired) electrons. The lowest BCUT2D eigenvalue weighted by Gasteiger charge is -2.08. The second-order valence-electron chi connectivity index (χ2n) is 4.44. The topological polar surface area (TPSA) is 68.5 Å². The summed E-state index contributed by atoms with van der Waals surface area (Å²) in [4.78, 5) is 22.5. The van der Waals surface area contributed by atoms with Crippen LogP contribution in [0.1, 0.15) is 32.0 Å². The summed E-state index contributed by atoms with van der Waals surface area (Å²) >= 11 is 0. The normalized spacial score (nSPS) is 10.3. The molecule has 2 aromatic rings. The third-order valence-electron chi connectivity index (χ3n) is 3.17. The van der Waals surface area contributed by atoms with Crippen molar-refractivity contribution in [3.8, 4) is 0 Å². The van der Waals surface area contributed by atoms with Crippen molar-refractivity contribution in [3.05, 3.63) is 58.9 Å². The number of carboxylic acids is 1. The minimum Gasteiger partial charge on any atom is -0.478 e. The summed E-state index contributed by atoms with van der Waals surface area (Å²) in [5.74, 6) is -1.33. The van der Waals surface area contributed by atoms with E-state index in [0.717, 1.165) is 5.56 Å². The number of esters is 1. The number of carbonyl (C=O) groups excluding carboxylic acids is 1. The van der Waals surface area contributed by atoms with Gasteiger partial charge in [0.05, 0.1) is 18.2 Å². The molecule has 0 unspecified atom stereocenters. The van der Waals surface area contributed by atoms with E-state index < -0.39 is 5.97 Å². The van der Waals surface area contributed by atoms with Crippen LogP contribution in [0.3, 0.4) is 0 Å². The van der Waals surface area contributed by atoms with Crippen LogP contribution < -0.4 is 0 Å². The number of hydrogen-bond acceptors (Lipinski definition) is 3. The molecular formula is C15H15NO4. The van der Waals surface area contributed by atoms with Gasteiger partial charge in [-0.15, -0.1) is 0 Å². The highest BCUT2D eigenvalue weighted by Gasteiger charge is 2.12. The van der Waals surface area contributed by atoms with Gasteiger partial charge in [0.15, 0.2) is 0 Å². The minimum atomic E-state index is -0.940. The molecular weight excluding hydrogens is 258 g/mol. The predicted octanol–water partition coefficient (Wildman–Crippen LogP) is 2.33. The van der Waals surface area contributed by atoms with Crippen molar-refractivity contribution in [2.24, 2.45) is 0 Å². The first kappa shape index (κ1) is 13.9. The van der Waals surface area contributed by atoms with E-state index in [4.69, 9.17) is 5.11 Å². The van der Waals surface area contributed by atoms with Crippen molar-refractivity contribution in [2.75, 3.05) is 7.11 Å². The Kier molecular flexibility index (Phi) is 3.89. The Labute approximate surface area is 116 Å². The smallest absolute Gasteiger partial charge is 0.337 e. The van der Waals surface area contributed by atoms with Crippen molar-refractivity contribution in [1.29, 1.82) is 0 Å². The van der Waals surface area contributed by atoms with Crippen LogP contribution in [0, 0.1) is 6.92 Å². The molecule has 0 aliphatic heterocycles. The number of carboxylic acid groups (broad SMARTS) is 1. The number of aromatic carboxylic acids is 1. The SMILES string of the molecule is COC(=O)c1cccc(Cn2ccc(C(=O)O)c2C)c1. The van der Waals surface area contributed by atoms with E-state index in [9.17, 15) is 9.59 Å². The minimum absolute atomic E-state index is 0.286. The van der Waals surface area contributed by atoms with E-state index in [-0.39, 0.29) is 11.5 Å².